The highest BCUT2D eigenvalue weighted by Crippen LogP contribution is 2.47. The molecule has 5 rings (SSSR count). The Kier molecular flexibility index (Phi) is 8.78. The van der Waals surface area contributed by atoms with Gasteiger partial charge >= 0.3 is 0 Å². The number of fused-ring (bicyclic) bond motifs is 2. The molecule has 0 saturated carbocycles. The van der Waals surface area contributed by atoms with E-state index in [4.69, 9.17) is 0 Å². The molecule has 0 atom stereocenters. The molecule has 0 amide bonds. The van der Waals surface area contributed by atoms with Gasteiger partial charge in [0.25, 0.3) is 0 Å². The quantitative estimate of drug-likeness (QED) is 0.132. The summed E-state index contributed by atoms with van der Waals surface area (Å²) >= 11 is 0. The lowest BCUT2D eigenvalue weighted by Gasteiger charge is -2.27. The zero-order valence-electron chi connectivity index (χ0n) is 25.7. The highest BCUT2D eigenvalue weighted by Gasteiger charge is 2.44. The average molecular weight is 544 g/mol. The molecule has 2 aliphatic rings. The molecule has 0 spiro atoms. The fraction of sp³-hybridized carbons (Fsp3) is 0.359. The van der Waals surface area contributed by atoms with Crippen LogP contribution in [0.1, 0.15) is 83.4 Å². The van der Waals surface area contributed by atoms with Crippen LogP contribution in [-0.2, 0) is 17.4 Å². The van der Waals surface area contributed by atoms with E-state index >= 15 is 0 Å². The first kappa shape index (κ1) is 28.9. The van der Waals surface area contributed by atoms with Gasteiger partial charge in [-0.15, -0.1) is 0 Å². The van der Waals surface area contributed by atoms with Crippen molar-refractivity contribution in [2.45, 2.75) is 84.1 Å². The van der Waals surface area contributed by atoms with Crippen LogP contribution in [0.25, 0.3) is 0 Å². The van der Waals surface area contributed by atoms with Gasteiger partial charge in [0.05, 0.1) is 5.41 Å². The third-order valence-corrected chi connectivity index (χ3v) is 9.00. The fourth-order valence-corrected chi connectivity index (χ4v) is 6.69. The molecule has 212 valence electrons. The summed E-state index contributed by atoms with van der Waals surface area (Å²) in [4.78, 5) is 2.57. The maximum atomic E-state index is 2.57. The van der Waals surface area contributed by atoms with Gasteiger partial charge in [0, 0.05) is 46.6 Å². The Bertz CT molecular complexity index is 1470. The minimum Gasteiger partial charge on any atom is -0.344 e. The summed E-state index contributed by atoms with van der Waals surface area (Å²) in [6.07, 6.45) is 17.8. The maximum Gasteiger partial charge on any atom is 0.210 e. The molecule has 2 heterocycles. The van der Waals surface area contributed by atoms with E-state index in [2.05, 4.69) is 153 Å². The summed E-state index contributed by atoms with van der Waals surface area (Å²) in [6.45, 7) is 13.7. The van der Waals surface area contributed by atoms with Gasteiger partial charge in [-0.3, -0.25) is 0 Å². The summed E-state index contributed by atoms with van der Waals surface area (Å²) < 4.78 is 2.49. The zero-order chi connectivity index (χ0) is 28.9. The Morgan fingerprint density at radius 3 is 2.15 bits per heavy atom. The van der Waals surface area contributed by atoms with Crippen molar-refractivity contribution < 1.29 is 4.58 Å². The van der Waals surface area contributed by atoms with Crippen molar-refractivity contribution >= 4 is 17.1 Å². The van der Waals surface area contributed by atoms with Crippen molar-refractivity contribution in [3.8, 4) is 0 Å². The fourth-order valence-electron chi connectivity index (χ4n) is 6.69. The molecule has 2 nitrogen and oxygen atoms in total. The van der Waals surface area contributed by atoms with Gasteiger partial charge in [-0.05, 0) is 38.0 Å². The predicted molar refractivity (Wildman–Crippen MR) is 176 cm³/mol. The van der Waals surface area contributed by atoms with Crippen LogP contribution >= 0.6 is 0 Å². The van der Waals surface area contributed by atoms with Crippen LogP contribution in [0.5, 0.6) is 0 Å². The van der Waals surface area contributed by atoms with Gasteiger partial charge in [-0.1, -0.05) is 131 Å². The highest BCUT2D eigenvalue weighted by atomic mass is 15.2. The van der Waals surface area contributed by atoms with Crippen LogP contribution in [0.15, 0.2) is 115 Å². The Labute approximate surface area is 248 Å². The number of anilines is 1. The van der Waals surface area contributed by atoms with E-state index in [-0.39, 0.29) is 10.8 Å². The molecule has 0 N–H and O–H groups in total. The number of hydrogen-bond donors (Lipinski definition) is 0. The molecule has 41 heavy (non-hydrogen) atoms. The molecule has 0 aliphatic carbocycles. The van der Waals surface area contributed by atoms with Gasteiger partial charge in [0.2, 0.25) is 5.69 Å². The van der Waals surface area contributed by atoms with Crippen molar-refractivity contribution in [1.29, 1.82) is 0 Å². The number of hydrogen-bond acceptors (Lipinski definition) is 1. The molecule has 3 aromatic carbocycles. The molecule has 0 saturated heterocycles. The molecule has 0 bridgehead atoms. The summed E-state index contributed by atoms with van der Waals surface area (Å²) in [5, 5.41) is 0. The molecular formula is C39H47N2+. The van der Waals surface area contributed by atoms with E-state index in [0.717, 1.165) is 13.1 Å². The molecular weight excluding hydrogens is 496 g/mol. The van der Waals surface area contributed by atoms with Crippen molar-refractivity contribution in [2.24, 2.45) is 0 Å². The second kappa shape index (κ2) is 12.5. The Morgan fingerprint density at radius 2 is 1.37 bits per heavy atom. The van der Waals surface area contributed by atoms with Crippen molar-refractivity contribution in [3.05, 3.63) is 132 Å². The van der Waals surface area contributed by atoms with Crippen LogP contribution in [-0.4, -0.2) is 16.8 Å². The van der Waals surface area contributed by atoms with Crippen LogP contribution in [0, 0.1) is 0 Å². The summed E-state index contributed by atoms with van der Waals surface area (Å²) in [7, 11) is 0. The van der Waals surface area contributed by atoms with Gasteiger partial charge < -0.3 is 4.90 Å². The first-order chi connectivity index (χ1) is 19.9. The van der Waals surface area contributed by atoms with Crippen LogP contribution in [0.3, 0.4) is 0 Å². The van der Waals surface area contributed by atoms with E-state index in [0.29, 0.717) is 0 Å². The molecule has 0 aromatic heterocycles. The summed E-state index contributed by atoms with van der Waals surface area (Å²) in [5.74, 6) is 0. The lowest BCUT2D eigenvalue weighted by molar-refractivity contribution is -0.455. The second-order valence-electron chi connectivity index (χ2n) is 12.6. The minimum absolute atomic E-state index is 0.00954. The van der Waals surface area contributed by atoms with Crippen molar-refractivity contribution in [2.75, 3.05) is 11.4 Å². The monoisotopic (exact) mass is 543 g/mol. The van der Waals surface area contributed by atoms with E-state index < -0.39 is 0 Å². The van der Waals surface area contributed by atoms with Crippen molar-refractivity contribution in [1.82, 2.24) is 0 Å². The molecule has 2 aliphatic heterocycles. The molecule has 0 unspecified atom stereocenters. The van der Waals surface area contributed by atoms with E-state index in [9.17, 15) is 0 Å². The van der Waals surface area contributed by atoms with Gasteiger partial charge in [0.15, 0.2) is 12.3 Å². The van der Waals surface area contributed by atoms with Gasteiger partial charge in [0.1, 0.15) is 0 Å². The van der Waals surface area contributed by atoms with Crippen LogP contribution in [0.2, 0.25) is 0 Å². The third-order valence-electron chi connectivity index (χ3n) is 9.00. The first-order valence-electron chi connectivity index (χ1n) is 15.6. The van der Waals surface area contributed by atoms with Crippen LogP contribution < -0.4 is 4.90 Å². The Morgan fingerprint density at radius 1 is 0.683 bits per heavy atom. The molecule has 3 aromatic rings. The predicted octanol–water partition coefficient (Wildman–Crippen LogP) is 10.0. The van der Waals surface area contributed by atoms with Crippen LogP contribution in [0.4, 0.5) is 11.4 Å². The summed E-state index contributed by atoms with van der Waals surface area (Å²) in [5.41, 5.74) is 9.50. The number of benzene rings is 3. The standard InChI is InChI=1S/C39H47N2/c1-6-7-8-9-20-29-40-34-25-18-16-23-32(34)38(2,3)36(40)27-14-11-15-28-37-39(4,5)33-24-17-19-26-35(33)41(37)30-31-21-12-10-13-22-31/h10-19,21-28H,6-9,20,29-30H2,1-5H3/q+1. The third kappa shape index (κ3) is 5.89. The highest BCUT2D eigenvalue weighted by molar-refractivity contribution is 6.03. The first-order valence-corrected chi connectivity index (χ1v) is 15.6. The van der Waals surface area contributed by atoms with E-state index in [1.165, 1.54) is 71.6 Å². The number of para-hydroxylation sites is 2. The molecule has 2 heteroatoms. The number of nitrogens with zero attached hydrogens (tertiary/aromatic N) is 2. The maximum absolute atomic E-state index is 2.57. The topological polar surface area (TPSA) is 6.25 Å². The SMILES string of the molecule is CCCCCCCN1/C(=C/C=C/C=C/C2=[N+](Cc3ccccc3)c3ccccc3C2(C)C)C(C)(C)c2ccccc21. The zero-order valence-corrected chi connectivity index (χ0v) is 25.7. The minimum atomic E-state index is -0.0577. The number of rotatable bonds is 11. The number of allylic oxidation sites excluding steroid dienone is 6. The molecule has 0 fully saturated rings. The Hall–Kier alpha value is -3.65. The number of unbranched alkanes of at least 4 members (excludes halogenated alkanes) is 4. The lowest BCUT2D eigenvalue weighted by atomic mass is 9.81. The van der Waals surface area contributed by atoms with Crippen molar-refractivity contribution in [3.63, 3.8) is 0 Å². The lowest BCUT2D eigenvalue weighted by Crippen LogP contribution is -2.27. The van der Waals surface area contributed by atoms with Gasteiger partial charge in [-0.2, -0.15) is 4.58 Å². The summed E-state index contributed by atoms with van der Waals surface area (Å²) in [6, 6.07) is 28.6. The largest absolute Gasteiger partial charge is 0.344 e. The molecule has 0 radical (unpaired) electrons. The van der Waals surface area contributed by atoms with E-state index in [1.807, 2.05) is 0 Å². The normalized spacial score (nSPS) is 18.2. The van der Waals surface area contributed by atoms with Gasteiger partial charge in [-0.25, -0.2) is 0 Å². The second-order valence-corrected chi connectivity index (χ2v) is 12.6. The smallest absolute Gasteiger partial charge is 0.210 e. The van der Waals surface area contributed by atoms with E-state index in [1.54, 1.807) is 0 Å². The Balaban J connectivity index is 1.40. The average Bonchev–Trinajstić information content (AvgIpc) is 3.32.